The molecular formula is C15H18ClN3O. The number of hydrogen-bond donors (Lipinski definition) is 1. The second-order valence-electron chi connectivity index (χ2n) is 5.16. The van der Waals surface area contributed by atoms with Gasteiger partial charge in [0, 0.05) is 0 Å². The molecule has 1 atom stereocenters. The summed E-state index contributed by atoms with van der Waals surface area (Å²) in [7, 11) is 0. The molecular weight excluding hydrogens is 274 g/mol. The van der Waals surface area contributed by atoms with E-state index >= 15 is 0 Å². The highest BCUT2D eigenvalue weighted by atomic mass is 35.5. The highest BCUT2D eigenvalue weighted by molar-refractivity contribution is 6.31. The number of aromatic nitrogens is 2. The number of halogens is 1. The lowest BCUT2D eigenvalue weighted by Crippen LogP contribution is -2.30. The Hall–Kier alpha value is -1.39. The Bertz CT molecular complexity index is 584. The smallest absolute Gasteiger partial charge is 0.252 e. The molecule has 1 aromatic carbocycles. The van der Waals surface area contributed by atoms with Crippen molar-refractivity contribution in [3.63, 3.8) is 0 Å². The van der Waals surface area contributed by atoms with Gasteiger partial charge in [0.05, 0.1) is 17.6 Å². The topological polar surface area (TPSA) is 47.0 Å². The van der Waals surface area contributed by atoms with E-state index in [1.807, 2.05) is 24.3 Å². The molecule has 20 heavy (non-hydrogen) atoms. The summed E-state index contributed by atoms with van der Waals surface area (Å²) < 4.78 is 5.71. The van der Waals surface area contributed by atoms with Crippen molar-refractivity contribution in [2.75, 3.05) is 19.7 Å². The van der Waals surface area contributed by atoms with E-state index in [0.717, 1.165) is 30.5 Å². The second-order valence-corrected chi connectivity index (χ2v) is 5.52. The Morgan fingerprint density at radius 2 is 2.05 bits per heavy atom. The van der Waals surface area contributed by atoms with Crippen molar-refractivity contribution in [1.82, 2.24) is 15.3 Å². The van der Waals surface area contributed by atoms with Gasteiger partial charge in [-0.3, -0.25) is 0 Å². The molecule has 5 heteroatoms. The van der Waals surface area contributed by atoms with Crippen LogP contribution in [0.4, 0.5) is 0 Å². The van der Waals surface area contributed by atoms with Crippen LogP contribution < -0.4 is 10.1 Å². The monoisotopic (exact) mass is 291 g/mol. The number of ether oxygens (including phenoxy) is 1. The molecule has 1 aliphatic rings. The SMILES string of the molecule is Clc1nc2ccccc2nc1OCC[C@@H]1CCCNC1. The van der Waals surface area contributed by atoms with Crippen LogP contribution in [0.25, 0.3) is 11.0 Å². The molecule has 3 rings (SSSR count). The fourth-order valence-corrected chi connectivity index (χ4v) is 2.73. The summed E-state index contributed by atoms with van der Waals surface area (Å²) in [5.74, 6) is 1.13. The van der Waals surface area contributed by atoms with Crippen LogP contribution in [0.3, 0.4) is 0 Å². The third kappa shape index (κ3) is 3.19. The summed E-state index contributed by atoms with van der Waals surface area (Å²) in [5.41, 5.74) is 1.60. The molecule has 2 aromatic rings. The van der Waals surface area contributed by atoms with Gasteiger partial charge >= 0.3 is 0 Å². The minimum absolute atomic E-state index is 0.338. The molecule has 1 aliphatic heterocycles. The van der Waals surface area contributed by atoms with E-state index in [-0.39, 0.29) is 0 Å². The lowest BCUT2D eigenvalue weighted by molar-refractivity contribution is 0.247. The van der Waals surface area contributed by atoms with E-state index in [1.165, 1.54) is 12.8 Å². The predicted octanol–water partition coefficient (Wildman–Crippen LogP) is 3.05. The van der Waals surface area contributed by atoms with Crippen molar-refractivity contribution in [1.29, 1.82) is 0 Å². The molecule has 1 N–H and O–H groups in total. The molecule has 0 aliphatic carbocycles. The van der Waals surface area contributed by atoms with Crippen LogP contribution in [0, 0.1) is 5.92 Å². The Labute approximate surface area is 123 Å². The van der Waals surface area contributed by atoms with Crippen LogP contribution in [0.5, 0.6) is 5.88 Å². The van der Waals surface area contributed by atoms with Crippen molar-refractivity contribution >= 4 is 22.6 Å². The molecule has 0 bridgehead atoms. The Balaban J connectivity index is 1.63. The maximum Gasteiger partial charge on any atom is 0.252 e. The molecule has 1 saturated heterocycles. The minimum atomic E-state index is 0.338. The van der Waals surface area contributed by atoms with Crippen LogP contribution in [-0.4, -0.2) is 29.7 Å². The zero-order chi connectivity index (χ0) is 13.8. The van der Waals surface area contributed by atoms with E-state index in [4.69, 9.17) is 16.3 Å². The van der Waals surface area contributed by atoms with E-state index in [0.29, 0.717) is 23.6 Å². The van der Waals surface area contributed by atoms with Gasteiger partial charge in [-0.05, 0) is 50.4 Å². The first kappa shape index (κ1) is 13.6. The number of hydrogen-bond acceptors (Lipinski definition) is 4. The van der Waals surface area contributed by atoms with Gasteiger partial charge in [0.2, 0.25) is 0 Å². The number of nitrogens with one attached hydrogen (secondary N) is 1. The molecule has 1 aromatic heterocycles. The number of fused-ring (bicyclic) bond motifs is 1. The van der Waals surface area contributed by atoms with Gasteiger partial charge in [-0.25, -0.2) is 9.97 Å². The fraction of sp³-hybridized carbons (Fsp3) is 0.467. The van der Waals surface area contributed by atoms with Crippen molar-refractivity contribution in [2.24, 2.45) is 5.92 Å². The zero-order valence-corrected chi connectivity index (χ0v) is 12.1. The lowest BCUT2D eigenvalue weighted by atomic mass is 9.97. The first-order valence-corrected chi connectivity index (χ1v) is 7.46. The van der Waals surface area contributed by atoms with Crippen molar-refractivity contribution in [3.8, 4) is 5.88 Å². The summed E-state index contributed by atoms with van der Waals surface area (Å²) >= 11 is 6.11. The average molecular weight is 292 g/mol. The number of nitrogens with zero attached hydrogens (tertiary/aromatic N) is 2. The lowest BCUT2D eigenvalue weighted by Gasteiger charge is -2.22. The van der Waals surface area contributed by atoms with Gasteiger partial charge < -0.3 is 10.1 Å². The van der Waals surface area contributed by atoms with Gasteiger partial charge in [0.1, 0.15) is 0 Å². The van der Waals surface area contributed by atoms with Crippen molar-refractivity contribution < 1.29 is 4.74 Å². The first-order chi connectivity index (χ1) is 9.83. The van der Waals surface area contributed by atoms with Crippen LogP contribution in [0.2, 0.25) is 5.15 Å². The fourth-order valence-electron chi connectivity index (χ4n) is 2.55. The summed E-state index contributed by atoms with van der Waals surface area (Å²) in [6.07, 6.45) is 3.55. The second kappa shape index (κ2) is 6.37. The third-order valence-electron chi connectivity index (χ3n) is 3.66. The quantitative estimate of drug-likeness (QED) is 0.940. The molecule has 0 amide bonds. The average Bonchev–Trinajstić information content (AvgIpc) is 2.49. The molecule has 2 heterocycles. The highest BCUT2D eigenvalue weighted by Gasteiger charge is 2.14. The zero-order valence-electron chi connectivity index (χ0n) is 11.3. The van der Waals surface area contributed by atoms with Gasteiger partial charge in [-0.15, -0.1) is 0 Å². The van der Waals surface area contributed by atoms with Crippen molar-refractivity contribution in [2.45, 2.75) is 19.3 Å². The number of rotatable bonds is 4. The molecule has 1 fully saturated rings. The Morgan fingerprint density at radius 1 is 1.25 bits per heavy atom. The predicted molar refractivity (Wildman–Crippen MR) is 80.3 cm³/mol. The molecule has 0 saturated carbocycles. The number of para-hydroxylation sites is 2. The number of benzene rings is 1. The first-order valence-electron chi connectivity index (χ1n) is 7.09. The summed E-state index contributed by atoms with van der Waals surface area (Å²) in [5, 5.41) is 3.75. The van der Waals surface area contributed by atoms with E-state index in [2.05, 4.69) is 15.3 Å². The Morgan fingerprint density at radius 3 is 2.80 bits per heavy atom. The Kier molecular flexibility index (Phi) is 4.33. The third-order valence-corrected chi connectivity index (χ3v) is 3.91. The molecule has 4 nitrogen and oxygen atoms in total. The van der Waals surface area contributed by atoms with E-state index < -0.39 is 0 Å². The molecule has 0 unspecified atom stereocenters. The molecule has 0 radical (unpaired) electrons. The summed E-state index contributed by atoms with van der Waals surface area (Å²) in [6.45, 7) is 2.86. The van der Waals surface area contributed by atoms with E-state index in [9.17, 15) is 0 Å². The normalized spacial score (nSPS) is 19.1. The largest absolute Gasteiger partial charge is 0.475 e. The molecule has 0 spiro atoms. The van der Waals surface area contributed by atoms with Gasteiger partial charge in [0.25, 0.3) is 5.88 Å². The number of piperidine rings is 1. The summed E-state index contributed by atoms with van der Waals surface area (Å²) in [4.78, 5) is 8.73. The summed E-state index contributed by atoms with van der Waals surface area (Å²) in [6, 6.07) is 7.66. The molecule has 106 valence electrons. The standard InChI is InChI=1S/C15H18ClN3O/c16-14-15(19-13-6-2-1-5-12(13)18-14)20-9-7-11-4-3-8-17-10-11/h1-2,5-6,11,17H,3-4,7-10H2/t11-/m0/s1. The highest BCUT2D eigenvalue weighted by Crippen LogP contribution is 2.23. The maximum atomic E-state index is 6.11. The van der Waals surface area contributed by atoms with Gasteiger partial charge in [0.15, 0.2) is 5.15 Å². The van der Waals surface area contributed by atoms with E-state index in [1.54, 1.807) is 0 Å². The van der Waals surface area contributed by atoms with Crippen LogP contribution in [0.1, 0.15) is 19.3 Å². The van der Waals surface area contributed by atoms with Crippen LogP contribution >= 0.6 is 11.6 Å². The minimum Gasteiger partial charge on any atom is -0.475 e. The van der Waals surface area contributed by atoms with Gasteiger partial charge in [-0.1, -0.05) is 23.7 Å². The van der Waals surface area contributed by atoms with Gasteiger partial charge in [-0.2, -0.15) is 0 Å². The van der Waals surface area contributed by atoms with Crippen LogP contribution in [0.15, 0.2) is 24.3 Å². The van der Waals surface area contributed by atoms with Crippen LogP contribution in [-0.2, 0) is 0 Å². The van der Waals surface area contributed by atoms with Crippen molar-refractivity contribution in [3.05, 3.63) is 29.4 Å². The maximum absolute atomic E-state index is 6.11.